The summed E-state index contributed by atoms with van der Waals surface area (Å²) in [6.45, 7) is 4.00. The summed E-state index contributed by atoms with van der Waals surface area (Å²) in [5.74, 6) is -1.32. The van der Waals surface area contributed by atoms with Crippen molar-refractivity contribution in [1.29, 1.82) is 0 Å². The average Bonchev–Trinajstić information content (AvgIpc) is 2.94. The highest BCUT2D eigenvalue weighted by atomic mass is 79.9. The van der Waals surface area contributed by atoms with Crippen molar-refractivity contribution in [2.45, 2.75) is 38.1 Å². The predicted molar refractivity (Wildman–Crippen MR) is 77.4 cm³/mol. The van der Waals surface area contributed by atoms with E-state index in [0.717, 1.165) is 15.1 Å². The third-order valence-corrected chi connectivity index (χ3v) is 5.57. The number of likely N-dealkylation sites (tertiary alicyclic amines) is 1. The normalized spacial score (nSPS) is 24.5. The van der Waals surface area contributed by atoms with Gasteiger partial charge in [0.05, 0.1) is 9.70 Å². The number of carboxylic acids is 1. The molecule has 2 atom stereocenters. The number of thiophene rings is 1. The minimum atomic E-state index is -1.06. The molecule has 1 aromatic heterocycles. The summed E-state index contributed by atoms with van der Waals surface area (Å²) in [6.07, 6.45) is 1.27. The van der Waals surface area contributed by atoms with Crippen molar-refractivity contribution in [2.24, 2.45) is 0 Å². The number of carboxylic acid groups (broad SMARTS) is 1. The summed E-state index contributed by atoms with van der Waals surface area (Å²) >= 11 is 4.89. The topological polar surface area (TPSA) is 57.6 Å². The van der Waals surface area contributed by atoms with Gasteiger partial charge in [0.1, 0.15) is 5.54 Å². The average molecular weight is 346 g/mol. The van der Waals surface area contributed by atoms with E-state index in [1.165, 1.54) is 16.2 Å². The van der Waals surface area contributed by atoms with Gasteiger partial charge in [-0.25, -0.2) is 4.79 Å². The van der Waals surface area contributed by atoms with Crippen LogP contribution in [-0.2, 0) is 9.59 Å². The minimum Gasteiger partial charge on any atom is -0.480 e. The lowest BCUT2D eigenvalue weighted by molar-refractivity contribution is -0.155. The number of hydrogen-bond donors (Lipinski definition) is 1. The predicted octanol–water partition coefficient (Wildman–Crippen LogP) is 3.08. The standard InChI is InChI=1S/C13H16BrNO3S/c1-8(9-4-5-10(14)19-9)11(16)15-7-3-6-13(15,2)12(17)18/h4-5,8H,3,6-7H2,1-2H3,(H,17,18). The third-order valence-electron chi connectivity index (χ3n) is 3.76. The van der Waals surface area contributed by atoms with Crippen LogP contribution in [0.25, 0.3) is 0 Å². The van der Waals surface area contributed by atoms with Crippen molar-refractivity contribution < 1.29 is 14.7 Å². The van der Waals surface area contributed by atoms with Gasteiger partial charge in [-0.2, -0.15) is 0 Å². The van der Waals surface area contributed by atoms with Gasteiger partial charge in [-0.05, 0) is 54.8 Å². The van der Waals surface area contributed by atoms with Gasteiger partial charge < -0.3 is 10.0 Å². The Morgan fingerprint density at radius 3 is 2.74 bits per heavy atom. The second-order valence-corrected chi connectivity index (χ2v) is 7.53. The highest BCUT2D eigenvalue weighted by Crippen LogP contribution is 2.35. The number of nitrogens with zero attached hydrogens (tertiary/aromatic N) is 1. The first kappa shape index (κ1) is 14.5. The van der Waals surface area contributed by atoms with E-state index in [1.807, 2.05) is 19.1 Å². The molecule has 2 heterocycles. The van der Waals surface area contributed by atoms with E-state index in [4.69, 9.17) is 0 Å². The highest BCUT2D eigenvalue weighted by Gasteiger charge is 2.46. The fraction of sp³-hybridized carbons (Fsp3) is 0.538. The van der Waals surface area contributed by atoms with Crippen LogP contribution in [0.5, 0.6) is 0 Å². The maximum Gasteiger partial charge on any atom is 0.329 e. The van der Waals surface area contributed by atoms with E-state index in [-0.39, 0.29) is 11.8 Å². The van der Waals surface area contributed by atoms with E-state index in [1.54, 1.807) is 6.92 Å². The van der Waals surface area contributed by atoms with E-state index in [9.17, 15) is 14.7 Å². The van der Waals surface area contributed by atoms with Crippen molar-refractivity contribution in [3.63, 3.8) is 0 Å². The first-order chi connectivity index (χ1) is 8.86. The Morgan fingerprint density at radius 1 is 1.53 bits per heavy atom. The van der Waals surface area contributed by atoms with E-state index in [0.29, 0.717) is 13.0 Å². The summed E-state index contributed by atoms with van der Waals surface area (Å²) in [6, 6.07) is 3.82. The molecule has 1 aliphatic rings. The minimum absolute atomic E-state index is 0.100. The van der Waals surface area contributed by atoms with Crippen LogP contribution >= 0.6 is 27.3 Å². The molecule has 2 unspecified atom stereocenters. The lowest BCUT2D eigenvalue weighted by atomic mass is 9.97. The van der Waals surface area contributed by atoms with Crippen LogP contribution in [-0.4, -0.2) is 34.0 Å². The van der Waals surface area contributed by atoms with Gasteiger partial charge in [-0.3, -0.25) is 4.79 Å². The molecular formula is C13H16BrNO3S. The van der Waals surface area contributed by atoms with E-state index < -0.39 is 11.5 Å². The summed E-state index contributed by atoms with van der Waals surface area (Å²) < 4.78 is 0.976. The summed E-state index contributed by atoms with van der Waals surface area (Å²) in [4.78, 5) is 26.4. The summed E-state index contributed by atoms with van der Waals surface area (Å²) in [5.41, 5.74) is -1.06. The third kappa shape index (κ3) is 2.56. The van der Waals surface area contributed by atoms with Crippen LogP contribution in [0.4, 0.5) is 0 Å². The van der Waals surface area contributed by atoms with Crippen molar-refractivity contribution in [1.82, 2.24) is 4.90 Å². The molecule has 0 aromatic carbocycles. The van der Waals surface area contributed by atoms with Crippen LogP contribution in [0, 0.1) is 0 Å². The molecule has 0 spiro atoms. The fourth-order valence-electron chi connectivity index (χ4n) is 2.46. The number of amides is 1. The zero-order valence-corrected chi connectivity index (χ0v) is 13.3. The van der Waals surface area contributed by atoms with Crippen LogP contribution in [0.2, 0.25) is 0 Å². The molecule has 1 aliphatic heterocycles. The molecule has 6 heteroatoms. The van der Waals surface area contributed by atoms with Crippen molar-refractivity contribution >= 4 is 39.1 Å². The smallest absolute Gasteiger partial charge is 0.329 e. The van der Waals surface area contributed by atoms with Crippen molar-refractivity contribution in [2.75, 3.05) is 6.54 Å². The van der Waals surface area contributed by atoms with Crippen LogP contribution in [0.15, 0.2) is 15.9 Å². The molecule has 104 valence electrons. The monoisotopic (exact) mass is 345 g/mol. The molecule has 1 fully saturated rings. The first-order valence-corrected chi connectivity index (χ1v) is 7.77. The number of aliphatic carboxylic acids is 1. The number of hydrogen-bond acceptors (Lipinski definition) is 3. The quantitative estimate of drug-likeness (QED) is 0.915. The van der Waals surface area contributed by atoms with E-state index >= 15 is 0 Å². The maximum absolute atomic E-state index is 12.5. The highest BCUT2D eigenvalue weighted by molar-refractivity contribution is 9.11. The number of carbonyl (C=O) groups excluding carboxylic acids is 1. The summed E-state index contributed by atoms with van der Waals surface area (Å²) in [5, 5.41) is 9.35. The zero-order valence-electron chi connectivity index (χ0n) is 10.9. The van der Waals surface area contributed by atoms with Gasteiger partial charge in [0.15, 0.2) is 0 Å². The molecule has 0 aliphatic carbocycles. The van der Waals surface area contributed by atoms with Gasteiger partial charge >= 0.3 is 5.97 Å². The van der Waals surface area contributed by atoms with Gasteiger partial charge in [-0.1, -0.05) is 0 Å². The fourth-order valence-corrected chi connectivity index (χ4v) is 3.92. The molecular weight excluding hydrogens is 330 g/mol. The molecule has 19 heavy (non-hydrogen) atoms. The largest absolute Gasteiger partial charge is 0.480 e. The first-order valence-electron chi connectivity index (χ1n) is 6.16. The molecule has 1 amide bonds. The summed E-state index contributed by atoms with van der Waals surface area (Å²) in [7, 11) is 0. The molecule has 1 aromatic rings. The number of carbonyl (C=O) groups is 2. The Balaban J connectivity index is 2.22. The zero-order chi connectivity index (χ0) is 14.2. The van der Waals surface area contributed by atoms with E-state index in [2.05, 4.69) is 15.9 Å². The molecule has 0 bridgehead atoms. The molecule has 0 radical (unpaired) electrons. The Bertz CT molecular complexity index is 516. The molecule has 4 nitrogen and oxygen atoms in total. The Hall–Kier alpha value is -0.880. The van der Waals surface area contributed by atoms with Crippen LogP contribution < -0.4 is 0 Å². The number of rotatable bonds is 3. The molecule has 1 N–H and O–H groups in total. The second kappa shape index (κ2) is 5.25. The lowest BCUT2D eigenvalue weighted by Gasteiger charge is -2.33. The van der Waals surface area contributed by atoms with Crippen LogP contribution in [0.1, 0.15) is 37.5 Å². The second-order valence-electron chi connectivity index (χ2n) is 5.04. The SMILES string of the molecule is CC(C(=O)N1CCCC1(C)C(=O)O)c1ccc(Br)s1. The molecule has 0 saturated carbocycles. The Morgan fingerprint density at radius 2 is 2.21 bits per heavy atom. The Labute approximate surface area is 124 Å². The molecule has 1 saturated heterocycles. The van der Waals surface area contributed by atoms with Gasteiger partial charge in [0.2, 0.25) is 5.91 Å². The van der Waals surface area contributed by atoms with Crippen LogP contribution in [0.3, 0.4) is 0 Å². The van der Waals surface area contributed by atoms with Crippen molar-refractivity contribution in [3.8, 4) is 0 Å². The van der Waals surface area contributed by atoms with Gasteiger partial charge in [0.25, 0.3) is 0 Å². The number of halogens is 1. The van der Waals surface area contributed by atoms with Gasteiger partial charge in [0, 0.05) is 11.4 Å². The molecule has 2 rings (SSSR count). The maximum atomic E-state index is 12.5. The van der Waals surface area contributed by atoms with Crippen molar-refractivity contribution in [3.05, 3.63) is 20.8 Å². The lowest BCUT2D eigenvalue weighted by Crippen LogP contribution is -2.51. The Kier molecular flexibility index (Phi) is 4.01. The van der Waals surface area contributed by atoms with Gasteiger partial charge in [-0.15, -0.1) is 11.3 Å².